The second-order valence-electron chi connectivity index (χ2n) is 8.12. The van der Waals surface area contributed by atoms with Gasteiger partial charge >= 0.3 is 12.1 Å². The van der Waals surface area contributed by atoms with Gasteiger partial charge < -0.3 is 20.5 Å². The molecule has 2 amide bonds. The van der Waals surface area contributed by atoms with E-state index in [-0.39, 0.29) is 35.2 Å². The van der Waals surface area contributed by atoms with E-state index in [0.717, 1.165) is 22.3 Å². The van der Waals surface area contributed by atoms with Gasteiger partial charge in [0.25, 0.3) is 0 Å². The van der Waals surface area contributed by atoms with Crippen LogP contribution < -0.4 is 10.6 Å². The van der Waals surface area contributed by atoms with E-state index in [4.69, 9.17) is 21.4 Å². The van der Waals surface area contributed by atoms with Crippen molar-refractivity contribution in [1.29, 1.82) is 0 Å². The Morgan fingerprint density at radius 2 is 1.62 bits per heavy atom. The molecule has 0 saturated heterocycles. The van der Waals surface area contributed by atoms with Gasteiger partial charge in [0.05, 0.1) is 16.3 Å². The number of aromatic carboxylic acids is 1. The van der Waals surface area contributed by atoms with E-state index in [1.807, 2.05) is 36.4 Å². The van der Waals surface area contributed by atoms with E-state index in [0.29, 0.717) is 0 Å². The van der Waals surface area contributed by atoms with Crippen molar-refractivity contribution in [2.24, 2.45) is 0 Å². The third kappa shape index (κ3) is 5.05. The Morgan fingerprint density at radius 3 is 2.24 bits per heavy atom. The Labute approximate surface area is 201 Å². The van der Waals surface area contributed by atoms with Crippen molar-refractivity contribution in [2.45, 2.75) is 25.3 Å². The number of amides is 2. The van der Waals surface area contributed by atoms with Crippen LogP contribution in [0.1, 0.15) is 40.7 Å². The van der Waals surface area contributed by atoms with Crippen LogP contribution >= 0.6 is 11.6 Å². The predicted octanol–water partition coefficient (Wildman–Crippen LogP) is 5.29. The maximum atomic E-state index is 12.4. The number of carboxylic acids is 1. The van der Waals surface area contributed by atoms with Gasteiger partial charge in [0, 0.05) is 18.4 Å². The summed E-state index contributed by atoms with van der Waals surface area (Å²) in [6.07, 6.45) is -0.661. The standard InChI is InChI=1S/C26H23ClN2O5/c1-15(12-24(30)29-23-13-16(25(31)32)10-11-22(23)27)28-26(33)34-14-21-19-8-4-2-6-17(19)18-7-3-5-9-20(18)21/h2-11,13,15,21H,12,14H2,1H3,(H,28,33)(H,29,30)(H,31,32)/t15-/m1/s1. The summed E-state index contributed by atoms with van der Waals surface area (Å²) in [6.45, 7) is 1.85. The van der Waals surface area contributed by atoms with Crippen LogP contribution in [0, 0.1) is 0 Å². The molecule has 174 valence electrons. The summed E-state index contributed by atoms with van der Waals surface area (Å²) in [7, 11) is 0. The first kappa shape index (κ1) is 23.3. The van der Waals surface area contributed by atoms with Gasteiger partial charge in [0.1, 0.15) is 6.61 Å². The van der Waals surface area contributed by atoms with Crippen LogP contribution in [0.15, 0.2) is 66.7 Å². The number of carbonyl (C=O) groups excluding carboxylic acids is 2. The van der Waals surface area contributed by atoms with Crippen molar-refractivity contribution in [1.82, 2.24) is 5.32 Å². The maximum absolute atomic E-state index is 12.4. The number of hydrogen-bond acceptors (Lipinski definition) is 4. The average Bonchev–Trinajstić information content (AvgIpc) is 3.12. The number of halogens is 1. The lowest BCUT2D eigenvalue weighted by atomic mass is 9.98. The van der Waals surface area contributed by atoms with Crippen LogP contribution in [0.2, 0.25) is 5.02 Å². The average molecular weight is 479 g/mol. The maximum Gasteiger partial charge on any atom is 0.407 e. The molecule has 0 radical (unpaired) electrons. The molecule has 7 nitrogen and oxygen atoms in total. The van der Waals surface area contributed by atoms with Gasteiger partial charge in [-0.2, -0.15) is 0 Å². The smallest absolute Gasteiger partial charge is 0.407 e. The second-order valence-corrected chi connectivity index (χ2v) is 8.53. The zero-order chi connectivity index (χ0) is 24.2. The molecule has 4 rings (SSSR count). The summed E-state index contributed by atoms with van der Waals surface area (Å²) in [6, 6.07) is 19.6. The second kappa shape index (κ2) is 9.97. The predicted molar refractivity (Wildman–Crippen MR) is 129 cm³/mol. The van der Waals surface area contributed by atoms with E-state index in [1.54, 1.807) is 6.92 Å². The minimum Gasteiger partial charge on any atom is -0.478 e. The summed E-state index contributed by atoms with van der Waals surface area (Å²) in [5.41, 5.74) is 4.71. The van der Waals surface area contributed by atoms with E-state index >= 15 is 0 Å². The number of fused-ring (bicyclic) bond motifs is 3. The van der Waals surface area contributed by atoms with Crippen LogP contribution in [0.4, 0.5) is 10.5 Å². The quantitative estimate of drug-likeness (QED) is 0.427. The first-order valence-electron chi connectivity index (χ1n) is 10.8. The minimum atomic E-state index is -1.13. The van der Waals surface area contributed by atoms with Gasteiger partial charge in [-0.05, 0) is 47.4 Å². The van der Waals surface area contributed by atoms with Gasteiger partial charge in [0.2, 0.25) is 5.91 Å². The lowest BCUT2D eigenvalue weighted by molar-refractivity contribution is -0.116. The SMILES string of the molecule is C[C@H](CC(=O)Nc1cc(C(=O)O)ccc1Cl)NC(=O)OCC1c2ccccc2-c2ccccc21. The van der Waals surface area contributed by atoms with Crippen molar-refractivity contribution in [3.05, 3.63) is 88.4 Å². The van der Waals surface area contributed by atoms with E-state index in [2.05, 4.69) is 22.8 Å². The fraction of sp³-hybridized carbons (Fsp3) is 0.192. The Kier molecular flexibility index (Phi) is 6.84. The minimum absolute atomic E-state index is 0.00418. The van der Waals surface area contributed by atoms with Gasteiger partial charge in [-0.3, -0.25) is 4.79 Å². The molecule has 0 spiro atoms. The highest BCUT2D eigenvalue weighted by atomic mass is 35.5. The molecule has 0 aromatic heterocycles. The number of carbonyl (C=O) groups is 3. The highest BCUT2D eigenvalue weighted by molar-refractivity contribution is 6.33. The lowest BCUT2D eigenvalue weighted by Gasteiger charge is -2.17. The third-order valence-electron chi connectivity index (χ3n) is 5.69. The molecular weight excluding hydrogens is 456 g/mol. The van der Waals surface area contributed by atoms with E-state index in [9.17, 15) is 14.4 Å². The molecule has 0 fully saturated rings. The zero-order valence-electron chi connectivity index (χ0n) is 18.4. The fourth-order valence-electron chi connectivity index (χ4n) is 4.13. The summed E-state index contributed by atoms with van der Waals surface area (Å²) in [5, 5.41) is 14.6. The van der Waals surface area contributed by atoms with Crippen LogP contribution in [-0.2, 0) is 9.53 Å². The molecule has 0 unspecified atom stereocenters. The summed E-state index contributed by atoms with van der Waals surface area (Å²) in [5.74, 6) is -1.60. The highest BCUT2D eigenvalue weighted by Crippen LogP contribution is 2.44. The van der Waals surface area contributed by atoms with E-state index < -0.39 is 24.0 Å². The van der Waals surface area contributed by atoms with Gasteiger partial charge in [-0.15, -0.1) is 0 Å². The Hall–Kier alpha value is -3.84. The zero-order valence-corrected chi connectivity index (χ0v) is 19.1. The van der Waals surface area contributed by atoms with Crippen molar-refractivity contribution in [3.63, 3.8) is 0 Å². The fourth-order valence-corrected chi connectivity index (χ4v) is 4.29. The molecule has 3 N–H and O–H groups in total. The number of rotatable bonds is 7. The number of alkyl carbamates (subject to hydrolysis) is 1. The number of hydrogen-bond donors (Lipinski definition) is 3. The van der Waals surface area contributed by atoms with Crippen LogP contribution in [0.5, 0.6) is 0 Å². The number of benzene rings is 3. The molecule has 1 aliphatic carbocycles. The number of anilines is 1. The molecular formula is C26H23ClN2O5. The summed E-state index contributed by atoms with van der Waals surface area (Å²) < 4.78 is 5.50. The topological polar surface area (TPSA) is 105 Å². The van der Waals surface area contributed by atoms with Crippen LogP contribution in [-0.4, -0.2) is 35.7 Å². The normalized spacial score (nSPS) is 12.9. The first-order valence-corrected chi connectivity index (χ1v) is 11.2. The molecule has 0 bridgehead atoms. The Balaban J connectivity index is 1.31. The molecule has 0 heterocycles. The van der Waals surface area contributed by atoms with Crippen molar-refractivity contribution in [2.75, 3.05) is 11.9 Å². The van der Waals surface area contributed by atoms with Crippen LogP contribution in [0.3, 0.4) is 0 Å². The van der Waals surface area contributed by atoms with Crippen molar-refractivity contribution < 1.29 is 24.2 Å². The van der Waals surface area contributed by atoms with Crippen LogP contribution in [0.25, 0.3) is 11.1 Å². The Morgan fingerprint density at radius 1 is 1.00 bits per heavy atom. The highest BCUT2D eigenvalue weighted by Gasteiger charge is 2.29. The summed E-state index contributed by atoms with van der Waals surface area (Å²) >= 11 is 6.04. The molecule has 0 aliphatic heterocycles. The van der Waals surface area contributed by atoms with Crippen molar-refractivity contribution in [3.8, 4) is 11.1 Å². The van der Waals surface area contributed by atoms with Gasteiger partial charge in [0.15, 0.2) is 0 Å². The lowest BCUT2D eigenvalue weighted by Crippen LogP contribution is -2.36. The van der Waals surface area contributed by atoms with Gasteiger partial charge in [-0.1, -0.05) is 60.1 Å². The molecule has 34 heavy (non-hydrogen) atoms. The molecule has 1 aliphatic rings. The van der Waals surface area contributed by atoms with E-state index in [1.165, 1.54) is 18.2 Å². The molecule has 8 heteroatoms. The monoisotopic (exact) mass is 478 g/mol. The van der Waals surface area contributed by atoms with Gasteiger partial charge in [-0.25, -0.2) is 9.59 Å². The van der Waals surface area contributed by atoms with Crippen molar-refractivity contribution >= 4 is 35.3 Å². The number of carboxylic acid groups (broad SMARTS) is 1. The summed E-state index contributed by atoms with van der Waals surface area (Å²) in [4.78, 5) is 35.9. The molecule has 3 aromatic rings. The molecule has 0 saturated carbocycles. The number of ether oxygens (including phenoxy) is 1. The number of nitrogens with one attached hydrogen (secondary N) is 2. The third-order valence-corrected chi connectivity index (χ3v) is 6.02. The molecule has 1 atom stereocenters. The largest absolute Gasteiger partial charge is 0.478 e. The Bertz CT molecular complexity index is 1210. The molecule has 3 aromatic carbocycles. The first-order chi connectivity index (χ1) is 16.3.